The van der Waals surface area contributed by atoms with Gasteiger partial charge >= 0.3 is 0 Å². The number of carbonyl (C=O) groups is 1. The molecule has 1 aliphatic rings. The molecule has 1 amide bonds. The van der Waals surface area contributed by atoms with E-state index in [9.17, 15) is 13.2 Å². The summed E-state index contributed by atoms with van der Waals surface area (Å²) in [5, 5.41) is 1.28. The Balaban J connectivity index is 1.32. The highest BCUT2D eigenvalue weighted by atomic mass is 35.5. The third kappa shape index (κ3) is 7.09. The van der Waals surface area contributed by atoms with Gasteiger partial charge in [0.15, 0.2) is 6.61 Å². The van der Waals surface area contributed by atoms with Gasteiger partial charge in [0.25, 0.3) is 5.91 Å². The Kier molecular flexibility index (Phi) is 8.52. The third-order valence-corrected chi connectivity index (χ3v) is 7.90. The van der Waals surface area contributed by atoms with E-state index in [1.807, 2.05) is 18.2 Å². The van der Waals surface area contributed by atoms with Crippen molar-refractivity contribution in [2.75, 3.05) is 48.2 Å². The summed E-state index contributed by atoms with van der Waals surface area (Å²) < 4.78 is 31.9. The second-order valence-corrected chi connectivity index (χ2v) is 11.8. The molecule has 4 rings (SSSR count). The second kappa shape index (κ2) is 11.6. The number of amides is 1. The summed E-state index contributed by atoms with van der Waals surface area (Å²) in [6.07, 6.45) is 1.17. The van der Waals surface area contributed by atoms with Crippen molar-refractivity contribution < 1.29 is 17.9 Å². The van der Waals surface area contributed by atoms with Gasteiger partial charge in [-0.15, -0.1) is 0 Å². The molecule has 0 aromatic heterocycles. The smallest absolute Gasteiger partial charge is 0.260 e. The Hall–Kier alpha value is -2.94. The molecule has 1 heterocycles. The Morgan fingerprint density at radius 3 is 2.16 bits per heavy atom. The van der Waals surface area contributed by atoms with Crippen molar-refractivity contribution in [3.8, 4) is 5.75 Å². The van der Waals surface area contributed by atoms with E-state index in [1.165, 1.54) is 10.6 Å². The molecule has 0 bridgehead atoms. The van der Waals surface area contributed by atoms with Crippen molar-refractivity contribution in [3.63, 3.8) is 0 Å². The first-order valence-corrected chi connectivity index (χ1v) is 14.4. The standard InChI is InChI=1S/C27H29Cl2N3O4S/c1-20-3-6-23(29)17-26(20)30-13-15-31(16-14-30)27(33)19-36-25-11-9-24(10-12-25)32(37(2,34)35)18-21-4-7-22(28)8-5-21/h3-12,17H,13-16,18-19H2,1-2H3. The molecule has 37 heavy (non-hydrogen) atoms. The zero-order valence-electron chi connectivity index (χ0n) is 20.7. The normalized spacial score (nSPS) is 13.9. The first kappa shape index (κ1) is 27.1. The molecule has 1 aliphatic heterocycles. The Labute approximate surface area is 228 Å². The van der Waals surface area contributed by atoms with Crippen molar-refractivity contribution in [2.24, 2.45) is 0 Å². The molecule has 10 heteroatoms. The lowest BCUT2D eigenvalue weighted by Gasteiger charge is -2.36. The largest absolute Gasteiger partial charge is 0.484 e. The van der Waals surface area contributed by atoms with Gasteiger partial charge in [-0.3, -0.25) is 9.10 Å². The van der Waals surface area contributed by atoms with E-state index >= 15 is 0 Å². The fourth-order valence-corrected chi connectivity index (χ4v) is 5.40. The molecule has 7 nitrogen and oxygen atoms in total. The summed E-state index contributed by atoms with van der Waals surface area (Å²) in [6, 6.07) is 19.5. The summed E-state index contributed by atoms with van der Waals surface area (Å²) in [5.41, 5.74) is 3.56. The maximum atomic E-state index is 12.7. The molecule has 0 radical (unpaired) electrons. The number of anilines is 2. The highest BCUT2D eigenvalue weighted by molar-refractivity contribution is 7.92. The Bertz CT molecular complexity index is 1340. The number of nitrogens with zero attached hydrogens (tertiary/aromatic N) is 3. The molecule has 0 unspecified atom stereocenters. The lowest BCUT2D eigenvalue weighted by molar-refractivity contribution is -0.133. The minimum atomic E-state index is -3.52. The molecule has 3 aromatic rings. The molecule has 0 aliphatic carbocycles. The molecule has 0 atom stereocenters. The zero-order chi connectivity index (χ0) is 26.6. The van der Waals surface area contributed by atoms with E-state index in [2.05, 4.69) is 11.8 Å². The highest BCUT2D eigenvalue weighted by Gasteiger charge is 2.23. The Morgan fingerprint density at radius 2 is 1.54 bits per heavy atom. The highest BCUT2D eigenvalue weighted by Crippen LogP contribution is 2.26. The number of aryl methyl sites for hydroxylation is 1. The van der Waals surface area contributed by atoms with Gasteiger partial charge in [-0.05, 0) is 66.6 Å². The fourth-order valence-electron chi connectivity index (χ4n) is 4.22. The number of carbonyl (C=O) groups excluding carboxylic acids is 1. The summed E-state index contributed by atoms with van der Waals surface area (Å²) in [6.45, 7) is 4.77. The minimum Gasteiger partial charge on any atom is -0.484 e. The lowest BCUT2D eigenvalue weighted by atomic mass is 10.1. The van der Waals surface area contributed by atoms with E-state index in [0.717, 1.165) is 29.9 Å². The third-order valence-electron chi connectivity index (χ3n) is 6.27. The molecular formula is C27H29Cl2N3O4S. The van der Waals surface area contributed by atoms with Gasteiger partial charge in [0, 0.05) is 41.9 Å². The number of ether oxygens (including phenoxy) is 1. The van der Waals surface area contributed by atoms with Crippen LogP contribution in [-0.2, 0) is 21.4 Å². The SMILES string of the molecule is Cc1ccc(Cl)cc1N1CCN(C(=O)COc2ccc(N(Cc3ccc(Cl)cc3)S(C)(=O)=O)cc2)CC1. The van der Waals surface area contributed by atoms with E-state index < -0.39 is 10.0 Å². The van der Waals surface area contributed by atoms with E-state index in [-0.39, 0.29) is 19.1 Å². The van der Waals surface area contributed by atoms with Crippen LogP contribution in [0.25, 0.3) is 0 Å². The molecule has 196 valence electrons. The van der Waals surface area contributed by atoms with Crippen LogP contribution in [0.5, 0.6) is 5.75 Å². The number of hydrogen-bond donors (Lipinski definition) is 0. The lowest BCUT2D eigenvalue weighted by Crippen LogP contribution is -2.50. The molecule has 0 saturated carbocycles. The average Bonchev–Trinajstić information content (AvgIpc) is 2.88. The number of halogens is 2. The summed E-state index contributed by atoms with van der Waals surface area (Å²) in [4.78, 5) is 16.8. The molecule has 1 saturated heterocycles. The van der Waals surface area contributed by atoms with Crippen molar-refractivity contribution >= 4 is 50.5 Å². The van der Waals surface area contributed by atoms with Crippen LogP contribution in [0.1, 0.15) is 11.1 Å². The van der Waals surface area contributed by atoms with Gasteiger partial charge in [0.05, 0.1) is 18.5 Å². The number of benzene rings is 3. The number of sulfonamides is 1. The van der Waals surface area contributed by atoms with Crippen LogP contribution in [0.2, 0.25) is 10.0 Å². The van der Waals surface area contributed by atoms with Gasteiger partial charge in [-0.1, -0.05) is 41.4 Å². The fraction of sp³-hybridized carbons (Fsp3) is 0.296. The van der Waals surface area contributed by atoms with Crippen LogP contribution in [0.4, 0.5) is 11.4 Å². The maximum Gasteiger partial charge on any atom is 0.260 e. The molecule has 1 fully saturated rings. The second-order valence-electron chi connectivity index (χ2n) is 8.98. The van der Waals surface area contributed by atoms with Gasteiger partial charge in [0.1, 0.15) is 5.75 Å². The number of hydrogen-bond acceptors (Lipinski definition) is 5. The predicted octanol–water partition coefficient (Wildman–Crippen LogP) is 5.00. The molecule has 3 aromatic carbocycles. The summed E-state index contributed by atoms with van der Waals surface area (Å²) in [7, 11) is -3.52. The first-order valence-electron chi connectivity index (χ1n) is 11.8. The first-order chi connectivity index (χ1) is 17.6. The van der Waals surface area contributed by atoms with Crippen LogP contribution in [0, 0.1) is 6.92 Å². The van der Waals surface area contributed by atoms with E-state index in [1.54, 1.807) is 53.4 Å². The number of rotatable bonds is 8. The summed E-state index contributed by atoms with van der Waals surface area (Å²) >= 11 is 12.1. The molecule has 0 N–H and O–H groups in total. The van der Waals surface area contributed by atoms with E-state index in [0.29, 0.717) is 34.6 Å². The van der Waals surface area contributed by atoms with Crippen molar-refractivity contribution in [1.29, 1.82) is 0 Å². The van der Waals surface area contributed by atoms with Crippen molar-refractivity contribution in [2.45, 2.75) is 13.5 Å². The summed E-state index contributed by atoms with van der Waals surface area (Å²) in [5.74, 6) is 0.400. The molecule has 0 spiro atoms. The monoisotopic (exact) mass is 561 g/mol. The van der Waals surface area contributed by atoms with E-state index in [4.69, 9.17) is 27.9 Å². The van der Waals surface area contributed by atoms with Crippen LogP contribution in [0.3, 0.4) is 0 Å². The van der Waals surface area contributed by atoms with Gasteiger partial charge in [-0.25, -0.2) is 8.42 Å². The van der Waals surface area contributed by atoms with Crippen LogP contribution < -0.4 is 13.9 Å². The zero-order valence-corrected chi connectivity index (χ0v) is 23.1. The van der Waals surface area contributed by atoms with Crippen LogP contribution in [-0.4, -0.2) is 58.3 Å². The topological polar surface area (TPSA) is 70.2 Å². The van der Waals surface area contributed by atoms with Gasteiger partial charge in [-0.2, -0.15) is 0 Å². The van der Waals surface area contributed by atoms with Gasteiger partial charge < -0.3 is 14.5 Å². The van der Waals surface area contributed by atoms with Crippen molar-refractivity contribution in [1.82, 2.24) is 4.90 Å². The molecular weight excluding hydrogens is 533 g/mol. The minimum absolute atomic E-state index is 0.0872. The van der Waals surface area contributed by atoms with Crippen LogP contribution in [0.15, 0.2) is 66.7 Å². The Morgan fingerprint density at radius 1 is 0.919 bits per heavy atom. The average molecular weight is 563 g/mol. The van der Waals surface area contributed by atoms with Gasteiger partial charge in [0.2, 0.25) is 10.0 Å². The van der Waals surface area contributed by atoms with Crippen molar-refractivity contribution in [3.05, 3.63) is 87.9 Å². The van der Waals surface area contributed by atoms with Crippen LogP contribution >= 0.6 is 23.2 Å². The quantitative estimate of drug-likeness (QED) is 0.387. The predicted molar refractivity (Wildman–Crippen MR) is 149 cm³/mol. The maximum absolute atomic E-state index is 12.7. The number of piperazine rings is 1.